The highest BCUT2D eigenvalue weighted by molar-refractivity contribution is 6.02. The monoisotopic (exact) mass is 360 g/mol. The fourth-order valence-electron chi connectivity index (χ4n) is 3.25. The lowest BCUT2D eigenvalue weighted by Crippen LogP contribution is -2.28. The summed E-state index contributed by atoms with van der Waals surface area (Å²) in [6.45, 7) is 1.38. The van der Waals surface area contributed by atoms with Crippen LogP contribution < -0.4 is 16.2 Å². The highest BCUT2D eigenvalue weighted by Gasteiger charge is 2.14. The van der Waals surface area contributed by atoms with Crippen molar-refractivity contribution in [2.45, 2.75) is 6.42 Å². The van der Waals surface area contributed by atoms with E-state index in [4.69, 9.17) is 0 Å². The van der Waals surface area contributed by atoms with Crippen LogP contribution in [0.3, 0.4) is 0 Å². The van der Waals surface area contributed by atoms with E-state index in [2.05, 4.69) is 15.6 Å². The van der Waals surface area contributed by atoms with Gasteiger partial charge in [-0.2, -0.15) is 0 Å². The van der Waals surface area contributed by atoms with Gasteiger partial charge in [-0.25, -0.2) is 4.98 Å². The summed E-state index contributed by atoms with van der Waals surface area (Å²) in [7, 11) is 1.87. The van der Waals surface area contributed by atoms with E-state index in [1.165, 1.54) is 4.40 Å². The fourth-order valence-corrected chi connectivity index (χ4v) is 3.25. The fraction of sp³-hybridized carbons (Fsp3) is 0.190. The molecule has 1 amide bonds. The molecule has 2 aromatic carbocycles. The summed E-state index contributed by atoms with van der Waals surface area (Å²) in [5, 5.41) is 8.47. The Hall–Kier alpha value is -3.25. The third-order valence-electron chi connectivity index (χ3n) is 4.64. The van der Waals surface area contributed by atoms with Crippen molar-refractivity contribution in [2.75, 3.05) is 20.1 Å². The van der Waals surface area contributed by atoms with Crippen LogP contribution in [-0.4, -0.2) is 35.4 Å². The lowest BCUT2D eigenvalue weighted by atomic mass is 10.1. The summed E-state index contributed by atoms with van der Waals surface area (Å²) in [6.07, 6.45) is 2.48. The van der Waals surface area contributed by atoms with Crippen molar-refractivity contribution < 1.29 is 4.79 Å². The molecule has 2 heterocycles. The number of amides is 1. The maximum atomic E-state index is 13.0. The molecule has 0 aliphatic carbocycles. The molecule has 6 heteroatoms. The van der Waals surface area contributed by atoms with Gasteiger partial charge in [0.15, 0.2) is 5.65 Å². The van der Waals surface area contributed by atoms with Crippen molar-refractivity contribution in [3.05, 3.63) is 70.6 Å². The third kappa shape index (κ3) is 3.15. The molecule has 0 aliphatic heterocycles. The molecule has 0 fully saturated rings. The molecule has 6 nitrogen and oxygen atoms in total. The SMILES string of the molecule is CNCCCNC(=O)c1cccn2c(=O)c3cc4ccccc4cc3nc12. The molecular formula is C21H20N4O2. The van der Waals surface area contributed by atoms with Gasteiger partial charge in [0.05, 0.1) is 16.5 Å². The average molecular weight is 360 g/mol. The van der Waals surface area contributed by atoms with E-state index in [9.17, 15) is 9.59 Å². The van der Waals surface area contributed by atoms with Crippen molar-refractivity contribution in [3.63, 3.8) is 0 Å². The zero-order chi connectivity index (χ0) is 18.8. The van der Waals surface area contributed by atoms with Crippen molar-refractivity contribution in [1.82, 2.24) is 20.0 Å². The topological polar surface area (TPSA) is 75.5 Å². The van der Waals surface area contributed by atoms with Crippen LogP contribution in [0.5, 0.6) is 0 Å². The van der Waals surface area contributed by atoms with Gasteiger partial charge in [0.25, 0.3) is 11.5 Å². The van der Waals surface area contributed by atoms with Gasteiger partial charge in [-0.15, -0.1) is 0 Å². The summed E-state index contributed by atoms with van der Waals surface area (Å²) < 4.78 is 1.44. The van der Waals surface area contributed by atoms with Crippen molar-refractivity contribution in [2.24, 2.45) is 0 Å². The van der Waals surface area contributed by atoms with E-state index >= 15 is 0 Å². The Labute approximate surface area is 155 Å². The summed E-state index contributed by atoms with van der Waals surface area (Å²) in [5.74, 6) is -0.226. The minimum atomic E-state index is -0.226. The molecule has 0 saturated carbocycles. The zero-order valence-corrected chi connectivity index (χ0v) is 15.0. The molecule has 0 unspecified atom stereocenters. The normalized spacial score (nSPS) is 11.3. The first-order valence-corrected chi connectivity index (χ1v) is 8.96. The first kappa shape index (κ1) is 17.2. The number of rotatable bonds is 5. The van der Waals surface area contributed by atoms with E-state index in [1.54, 1.807) is 18.3 Å². The van der Waals surface area contributed by atoms with Crippen LogP contribution in [0.4, 0.5) is 0 Å². The quantitative estimate of drug-likeness (QED) is 0.423. The first-order chi connectivity index (χ1) is 13.2. The number of hydrogen-bond donors (Lipinski definition) is 2. The van der Waals surface area contributed by atoms with E-state index in [1.807, 2.05) is 43.4 Å². The van der Waals surface area contributed by atoms with Gasteiger partial charge in [0, 0.05) is 12.7 Å². The molecule has 0 bridgehead atoms. The Kier molecular flexibility index (Phi) is 4.56. The number of benzene rings is 2. The highest BCUT2D eigenvalue weighted by atomic mass is 16.1. The van der Waals surface area contributed by atoms with Gasteiger partial charge >= 0.3 is 0 Å². The average Bonchev–Trinajstić information content (AvgIpc) is 2.70. The second-order valence-electron chi connectivity index (χ2n) is 6.46. The van der Waals surface area contributed by atoms with Crippen LogP contribution in [0.2, 0.25) is 0 Å². The van der Waals surface area contributed by atoms with Gasteiger partial charge < -0.3 is 10.6 Å². The van der Waals surface area contributed by atoms with Crippen molar-refractivity contribution in [1.29, 1.82) is 0 Å². The number of pyridine rings is 1. The van der Waals surface area contributed by atoms with Gasteiger partial charge in [-0.1, -0.05) is 24.3 Å². The van der Waals surface area contributed by atoms with Crippen molar-refractivity contribution in [3.8, 4) is 0 Å². The smallest absolute Gasteiger partial charge is 0.265 e. The predicted octanol–water partition coefficient (Wildman–Crippen LogP) is 2.34. The highest BCUT2D eigenvalue weighted by Crippen LogP contribution is 2.20. The van der Waals surface area contributed by atoms with Gasteiger partial charge in [0.2, 0.25) is 0 Å². The molecule has 0 saturated heterocycles. The molecule has 27 heavy (non-hydrogen) atoms. The molecule has 0 atom stereocenters. The van der Waals surface area contributed by atoms with Crippen LogP contribution in [-0.2, 0) is 0 Å². The van der Waals surface area contributed by atoms with E-state index in [-0.39, 0.29) is 11.5 Å². The maximum absolute atomic E-state index is 13.0. The molecule has 0 radical (unpaired) electrons. The zero-order valence-electron chi connectivity index (χ0n) is 15.0. The van der Waals surface area contributed by atoms with Gasteiger partial charge in [-0.3, -0.25) is 14.0 Å². The Morgan fingerprint density at radius 2 is 1.85 bits per heavy atom. The summed E-state index contributed by atoms with van der Waals surface area (Å²) in [4.78, 5) is 30.2. The number of aromatic nitrogens is 2. The lowest BCUT2D eigenvalue weighted by Gasteiger charge is -2.10. The van der Waals surface area contributed by atoms with Gasteiger partial charge in [-0.05, 0) is 55.1 Å². The van der Waals surface area contributed by atoms with Gasteiger partial charge in [0.1, 0.15) is 0 Å². The summed E-state index contributed by atoms with van der Waals surface area (Å²) >= 11 is 0. The first-order valence-electron chi connectivity index (χ1n) is 8.96. The minimum Gasteiger partial charge on any atom is -0.352 e. The third-order valence-corrected chi connectivity index (χ3v) is 4.64. The predicted molar refractivity (Wildman–Crippen MR) is 107 cm³/mol. The number of nitrogens with zero attached hydrogens (tertiary/aromatic N) is 2. The van der Waals surface area contributed by atoms with E-state index < -0.39 is 0 Å². The molecule has 2 aromatic heterocycles. The molecule has 0 spiro atoms. The molecule has 2 N–H and O–H groups in total. The minimum absolute atomic E-state index is 0.175. The second-order valence-corrected chi connectivity index (χ2v) is 6.46. The Morgan fingerprint density at radius 1 is 1.07 bits per heavy atom. The number of carbonyl (C=O) groups is 1. The van der Waals surface area contributed by atoms with Crippen LogP contribution in [0.25, 0.3) is 27.3 Å². The summed E-state index contributed by atoms with van der Waals surface area (Å²) in [5.41, 5.74) is 1.19. The molecule has 0 aliphatic rings. The van der Waals surface area contributed by atoms with Crippen molar-refractivity contribution >= 4 is 33.2 Å². The number of nitrogens with one attached hydrogen (secondary N) is 2. The van der Waals surface area contributed by atoms with Crippen LogP contribution in [0.15, 0.2) is 59.5 Å². The number of carbonyl (C=O) groups excluding carboxylic acids is 1. The second kappa shape index (κ2) is 7.17. The lowest BCUT2D eigenvalue weighted by molar-refractivity contribution is 0.0954. The maximum Gasteiger partial charge on any atom is 0.265 e. The molecule has 4 rings (SSSR count). The Balaban J connectivity index is 1.85. The largest absolute Gasteiger partial charge is 0.352 e. The molecule has 4 aromatic rings. The van der Waals surface area contributed by atoms with Crippen LogP contribution >= 0.6 is 0 Å². The Bertz CT molecular complexity index is 1210. The van der Waals surface area contributed by atoms with E-state index in [0.717, 1.165) is 23.7 Å². The molecular weight excluding hydrogens is 340 g/mol. The van der Waals surface area contributed by atoms with Crippen LogP contribution in [0, 0.1) is 0 Å². The standard InChI is InChI=1S/C21H20N4O2/c1-22-9-5-10-23-20(26)16-8-4-11-25-19(16)24-18-13-15-7-3-2-6-14(15)12-17(18)21(25)27/h2-4,6-8,11-13,22H,5,9-10H2,1H3,(H,23,26). The Morgan fingerprint density at radius 3 is 2.63 bits per heavy atom. The van der Waals surface area contributed by atoms with Crippen LogP contribution in [0.1, 0.15) is 16.8 Å². The molecule has 136 valence electrons. The van der Waals surface area contributed by atoms with E-state index in [0.29, 0.717) is 28.7 Å². The summed E-state index contributed by atoms with van der Waals surface area (Å²) in [6, 6.07) is 15.0. The number of fused-ring (bicyclic) bond motifs is 3. The number of hydrogen-bond acceptors (Lipinski definition) is 4.